The van der Waals surface area contributed by atoms with Crippen molar-refractivity contribution < 1.29 is 8.78 Å². The highest BCUT2D eigenvalue weighted by atomic mass is 19.2. The number of rotatable bonds is 4. The Morgan fingerprint density at radius 2 is 2.00 bits per heavy atom. The maximum atomic E-state index is 13.8. The van der Waals surface area contributed by atoms with Gasteiger partial charge in [-0.15, -0.1) is 0 Å². The van der Waals surface area contributed by atoms with E-state index in [-0.39, 0.29) is 5.92 Å². The Morgan fingerprint density at radius 1 is 1.24 bits per heavy atom. The Bertz CT molecular complexity index is 403. The highest BCUT2D eigenvalue weighted by Gasteiger charge is 2.34. The van der Waals surface area contributed by atoms with Crippen molar-refractivity contribution in [3.63, 3.8) is 0 Å². The summed E-state index contributed by atoms with van der Waals surface area (Å²) in [5, 5.41) is 3.28. The van der Waals surface area contributed by atoms with Gasteiger partial charge in [-0.25, -0.2) is 8.78 Å². The number of hydrogen-bond acceptors (Lipinski definition) is 1. The lowest BCUT2D eigenvalue weighted by atomic mass is 9.69. The lowest BCUT2D eigenvalue weighted by molar-refractivity contribution is 0.240. The molecule has 2 unspecified atom stereocenters. The van der Waals surface area contributed by atoms with Crippen LogP contribution in [0, 0.1) is 24.5 Å². The van der Waals surface area contributed by atoms with Crippen LogP contribution in [-0.2, 0) is 0 Å². The van der Waals surface area contributed by atoms with Crippen molar-refractivity contribution in [2.45, 2.75) is 32.6 Å². The van der Waals surface area contributed by atoms with Gasteiger partial charge < -0.3 is 5.32 Å². The monoisotopic (exact) mass is 239 g/mol. The molecule has 1 N–H and O–H groups in total. The molecule has 0 heterocycles. The first kappa shape index (κ1) is 12.5. The van der Waals surface area contributed by atoms with Crippen LogP contribution < -0.4 is 5.32 Å². The van der Waals surface area contributed by atoms with Crippen molar-refractivity contribution in [3.8, 4) is 0 Å². The summed E-state index contributed by atoms with van der Waals surface area (Å²) < 4.78 is 27.3. The molecule has 0 bridgehead atoms. The van der Waals surface area contributed by atoms with Gasteiger partial charge in [0.25, 0.3) is 0 Å². The second kappa shape index (κ2) is 5.13. The summed E-state index contributed by atoms with van der Waals surface area (Å²) in [6.45, 7) is 5.48. The van der Waals surface area contributed by atoms with E-state index in [1.807, 2.05) is 0 Å². The van der Waals surface area contributed by atoms with Gasteiger partial charge >= 0.3 is 0 Å². The molecule has 1 aliphatic rings. The smallest absolute Gasteiger partial charge is 0.162 e. The zero-order valence-corrected chi connectivity index (χ0v) is 10.4. The van der Waals surface area contributed by atoms with Gasteiger partial charge in [-0.05, 0) is 55.8 Å². The molecule has 2 rings (SSSR count). The third-order valence-electron chi connectivity index (χ3n) is 3.78. The number of nitrogens with one attached hydrogen (secondary N) is 1. The normalized spacial score (nSPS) is 23.5. The van der Waals surface area contributed by atoms with Crippen molar-refractivity contribution in [1.29, 1.82) is 0 Å². The minimum atomic E-state index is -0.684. The zero-order chi connectivity index (χ0) is 12.4. The highest BCUT2D eigenvalue weighted by Crippen LogP contribution is 2.43. The molecule has 0 amide bonds. The van der Waals surface area contributed by atoms with Crippen LogP contribution in [-0.4, -0.2) is 13.1 Å². The van der Waals surface area contributed by atoms with E-state index in [1.165, 1.54) is 0 Å². The fraction of sp³-hybridized carbons (Fsp3) is 0.571. The molecule has 1 fully saturated rings. The molecule has 0 aliphatic heterocycles. The van der Waals surface area contributed by atoms with Crippen molar-refractivity contribution in [2.24, 2.45) is 5.92 Å². The molecule has 0 saturated heterocycles. The van der Waals surface area contributed by atoms with E-state index in [1.54, 1.807) is 19.1 Å². The number of halogens is 2. The Labute approximate surface area is 101 Å². The summed E-state index contributed by atoms with van der Waals surface area (Å²) in [6.07, 6.45) is 2.07. The summed E-state index contributed by atoms with van der Waals surface area (Å²) >= 11 is 0. The average molecular weight is 239 g/mol. The molecule has 1 nitrogen and oxygen atoms in total. The topological polar surface area (TPSA) is 12.0 Å². The molecule has 17 heavy (non-hydrogen) atoms. The van der Waals surface area contributed by atoms with Gasteiger partial charge in [0.05, 0.1) is 0 Å². The molecule has 2 atom stereocenters. The average Bonchev–Trinajstić information content (AvgIpc) is 2.29. The van der Waals surface area contributed by atoms with Crippen LogP contribution in [0.5, 0.6) is 0 Å². The predicted molar refractivity (Wildman–Crippen MR) is 65.1 cm³/mol. The highest BCUT2D eigenvalue weighted by molar-refractivity contribution is 5.30. The molecule has 1 saturated carbocycles. The minimum absolute atomic E-state index is 0.184. The maximum absolute atomic E-state index is 13.8. The SMILES string of the molecule is CCNCC1CCC1c1ccc(C)c(F)c1F. The van der Waals surface area contributed by atoms with Crippen LogP contribution in [0.25, 0.3) is 0 Å². The van der Waals surface area contributed by atoms with Gasteiger partial charge in [0.15, 0.2) is 11.6 Å². The molecule has 1 aliphatic carbocycles. The van der Waals surface area contributed by atoms with Crippen molar-refractivity contribution in [2.75, 3.05) is 13.1 Å². The largest absolute Gasteiger partial charge is 0.317 e. The van der Waals surface area contributed by atoms with Crippen molar-refractivity contribution in [1.82, 2.24) is 5.32 Å². The fourth-order valence-electron chi connectivity index (χ4n) is 2.50. The van der Waals surface area contributed by atoms with Crippen LogP contribution in [0.3, 0.4) is 0 Å². The number of hydrogen-bond donors (Lipinski definition) is 1. The Balaban J connectivity index is 2.15. The second-order valence-electron chi connectivity index (χ2n) is 4.85. The number of benzene rings is 1. The molecule has 0 radical (unpaired) electrons. The van der Waals surface area contributed by atoms with Gasteiger partial charge in [0, 0.05) is 0 Å². The van der Waals surface area contributed by atoms with Gasteiger partial charge in [-0.3, -0.25) is 0 Å². The van der Waals surface area contributed by atoms with E-state index in [4.69, 9.17) is 0 Å². The van der Waals surface area contributed by atoms with E-state index in [0.29, 0.717) is 17.0 Å². The van der Waals surface area contributed by atoms with Crippen molar-refractivity contribution >= 4 is 0 Å². The van der Waals surface area contributed by atoms with Crippen LogP contribution in [0.1, 0.15) is 36.8 Å². The Morgan fingerprint density at radius 3 is 2.59 bits per heavy atom. The van der Waals surface area contributed by atoms with Crippen LogP contribution >= 0.6 is 0 Å². The van der Waals surface area contributed by atoms with E-state index in [9.17, 15) is 8.78 Å². The number of aryl methyl sites for hydroxylation is 1. The van der Waals surface area contributed by atoms with Crippen LogP contribution in [0.15, 0.2) is 12.1 Å². The molecule has 0 spiro atoms. The summed E-state index contributed by atoms with van der Waals surface area (Å²) in [7, 11) is 0. The van der Waals surface area contributed by atoms with Gasteiger partial charge in [0.1, 0.15) is 0 Å². The molecular weight excluding hydrogens is 220 g/mol. The minimum Gasteiger partial charge on any atom is -0.317 e. The van der Waals surface area contributed by atoms with E-state index in [0.717, 1.165) is 25.9 Å². The maximum Gasteiger partial charge on any atom is 0.162 e. The Hall–Kier alpha value is -0.960. The molecule has 94 valence electrons. The summed E-state index contributed by atoms with van der Waals surface area (Å²) in [5.41, 5.74) is 0.941. The third kappa shape index (κ3) is 2.34. The standard InChI is InChI=1S/C14H19F2N/c1-3-17-8-10-5-7-11(10)12-6-4-9(2)13(15)14(12)16/h4,6,10-11,17H,3,5,7-8H2,1-2H3. The first-order chi connectivity index (χ1) is 8.15. The molecule has 3 heteroatoms. The second-order valence-corrected chi connectivity index (χ2v) is 4.85. The van der Waals surface area contributed by atoms with Gasteiger partial charge in [0.2, 0.25) is 0 Å². The van der Waals surface area contributed by atoms with Gasteiger partial charge in [-0.2, -0.15) is 0 Å². The van der Waals surface area contributed by atoms with E-state index < -0.39 is 11.6 Å². The fourth-order valence-corrected chi connectivity index (χ4v) is 2.50. The molecular formula is C14H19F2N. The lowest BCUT2D eigenvalue weighted by Gasteiger charge is -2.37. The first-order valence-electron chi connectivity index (χ1n) is 6.30. The van der Waals surface area contributed by atoms with E-state index >= 15 is 0 Å². The molecule has 1 aromatic carbocycles. The molecule has 1 aromatic rings. The zero-order valence-electron chi connectivity index (χ0n) is 10.4. The Kier molecular flexibility index (Phi) is 3.77. The summed E-state index contributed by atoms with van der Waals surface area (Å²) in [4.78, 5) is 0. The predicted octanol–water partition coefficient (Wildman–Crippen LogP) is 3.38. The third-order valence-corrected chi connectivity index (χ3v) is 3.78. The van der Waals surface area contributed by atoms with Crippen LogP contribution in [0.4, 0.5) is 8.78 Å². The quantitative estimate of drug-likeness (QED) is 0.849. The van der Waals surface area contributed by atoms with Crippen LogP contribution in [0.2, 0.25) is 0 Å². The first-order valence-corrected chi connectivity index (χ1v) is 6.30. The summed E-state index contributed by atoms with van der Waals surface area (Å²) in [6, 6.07) is 3.42. The summed E-state index contributed by atoms with van der Waals surface area (Å²) in [5.74, 6) is -0.691. The molecule has 0 aromatic heterocycles. The van der Waals surface area contributed by atoms with Crippen molar-refractivity contribution in [3.05, 3.63) is 34.9 Å². The van der Waals surface area contributed by atoms with Gasteiger partial charge in [-0.1, -0.05) is 19.1 Å². The lowest BCUT2D eigenvalue weighted by Crippen LogP contribution is -2.34. The van der Waals surface area contributed by atoms with E-state index in [2.05, 4.69) is 12.2 Å².